The summed E-state index contributed by atoms with van der Waals surface area (Å²) in [5.41, 5.74) is -0.792. The summed E-state index contributed by atoms with van der Waals surface area (Å²) in [6.45, 7) is 4.03. The van der Waals surface area contributed by atoms with Crippen LogP contribution in [0.4, 0.5) is 0 Å². The highest BCUT2D eigenvalue weighted by Crippen LogP contribution is 2.28. The van der Waals surface area contributed by atoms with Gasteiger partial charge in [-0.15, -0.1) is 0 Å². The Bertz CT molecular complexity index is 349. The third-order valence-corrected chi connectivity index (χ3v) is 5.37. The molecule has 4 heteroatoms. The molecule has 2 atom stereocenters. The first kappa shape index (κ1) is 16.8. The average Bonchev–Trinajstić information content (AvgIpc) is 3.23. The van der Waals surface area contributed by atoms with E-state index < -0.39 is 11.5 Å². The smallest absolute Gasteiger partial charge is 0.323 e. The van der Waals surface area contributed by atoms with Gasteiger partial charge in [0.2, 0.25) is 0 Å². The zero-order valence-corrected chi connectivity index (χ0v) is 13.9. The number of rotatable bonds is 7. The van der Waals surface area contributed by atoms with Crippen molar-refractivity contribution in [3.05, 3.63) is 0 Å². The molecule has 2 saturated carbocycles. The van der Waals surface area contributed by atoms with Gasteiger partial charge in [0.1, 0.15) is 5.54 Å². The van der Waals surface area contributed by atoms with Crippen LogP contribution in [-0.2, 0) is 4.79 Å². The van der Waals surface area contributed by atoms with Crippen LogP contribution in [0.5, 0.6) is 0 Å². The topological polar surface area (TPSA) is 52.6 Å². The lowest BCUT2D eigenvalue weighted by Crippen LogP contribution is -2.54. The maximum atomic E-state index is 11.7. The fourth-order valence-corrected chi connectivity index (χ4v) is 3.65. The van der Waals surface area contributed by atoms with Crippen molar-refractivity contribution in [3.63, 3.8) is 0 Å². The van der Waals surface area contributed by atoms with Gasteiger partial charge in [-0.3, -0.25) is 10.1 Å². The minimum atomic E-state index is -0.792. The summed E-state index contributed by atoms with van der Waals surface area (Å²) in [6, 6.07) is 1.34. The Morgan fingerprint density at radius 1 is 1.24 bits per heavy atom. The lowest BCUT2D eigenvalue weighted by Gasteiger charge is -2.37. The summed E-state index contributed by atoms with van der Waals surface area (Å²) in [7, 11) is 2.18. The summed E-state index contributed by atoms with van der Waals surface area (Å²) in [6.07, 6.45) is 10.8. The molecule has 0 aromatic rings. The van der Waals surface area contributed by atoms with Gasteiger partial charge in [-0.2, -0.15) is 0 Å². The molecule has 4 nitrogen and oxygen atoms in total. The largest absolute Gasteiger partial charge is 0.480 e. The minimum absolute atomic E-state index is 0.292. The Morgan fingerprint density at radius 2 is 1.81 bits per heavy atom. The minimum Gasteiger partial charge on any atom is -0.480 e. The van der Waals surface area contributed by atoms with E-state index in [0.29, 0.717) is 24.5 Å². The van der Waals surface area contributed by atoms with E-state index in [0.717, 1.165) is 12.8 Å². The van der Waals surface area contributed by atoms with Crippen molar-refractivity contribution >= 4 is 5.97 Å². The second-order valence-corrected chi connectivity index (χ2v) is 7.42. The average molecular weight is 296 g/mol. The molecule has 2 unspecified atom stereocenters. The number of hydrogen-bond donors (Lipinski definition) is 2. The molecule has 21 heavy (non-hydrogen) atoms. The molecule has 122 valence electrons. The van der Waals surface area contributed by atoms with Crippen LogP contribution in [0.1, 0.15) is 71.6 Å². The maximum absolute atomic E-state index is 11.7. The van der Waals surface area contributed by atoms with Gasteiger partial charge in [-0.25, -0.2) is 0 Å². The van der Waals surface area contributed by atoms with Crippen molar-refractivity contribution in [2.75, 3.05) is 7.05 Å². The van der Waals surface area contributed by atoms with Crippen LogP contribution in [0.25, 0.3) is 0 Å². The molecule has 0 aliphatic heterocycles. The Hall–Kier alpha value is -0.610. The molecular weight excluding hydrogens is 264 g/mol. The zero-order chi connectivity index (χ0) is 15.5. The van der Waals surface area contributed by atoms with Gasteiger partial charge in [-0.1, -0.05) is 25.7 Å². The van der Waals surface area contributed by atoms with E-state index in [-0.39, 0.29) is 0 Å². The Kier molecular flexibility index (Phi) is 5.67. The third kappa shape index (κ3) is 4.68. The van der Waals surface area contributed by atoms with Crippen LogP contribution in [0.15, 0.2) is 0 Å². The Balaban J connectivity index is 1.93. The second kappa shape index (κ2) is 7.10. The molecule has 2 aliphatic carbocycles. The van der Waals surface area contributed by atoms with E-state index in [1.165, 1.54) is 38.5 Å². The van der Waals surface area contributed by atoms with Gasteiger partial charge >= 0.3 is 5.97 Å². The van der Waals surface area contributed by atoms with Gasteiger partial charge in [0.25, 0.3) is 0 Å². The molecule has 0 spiro atoms. The zero-order valence-electron chi connectivity index (χ0n) is 13.9. The molecule has 0 saturated heterocycles. The monoisotopic (exact) mass is 296 g/mol. The number of carboxylic acids is 1. The van der Waals surface area contributed by atoms with E-state index in [1.807, 2.05) is 6.92 Å². The highest BCUT2D eigenvalue weighted by atomic mass is 16.4. The molecule has 2 aliphatic rings. The van der Waals surface area contributed by atoms with Crippen molar-refractivity contribution in [1.29, 1.82) is 0 Å². The molecule has 2 fully saturated rings. The lowest BCUT2D eigenvalue weighted by atomic mass is 9.91. The summed E-state index contributed by atoms with van der Waals surface area (Å²) in [4.78, 5) is 14.1. The van der Waals surface area contributed by atoms with Crippen LogP contribution in [0.3, 0.4) is 0 Å². The lowest BCUT2D eigenvalue weighted by molar-refractivity contribution is -0.145. The number of nitrogens with one attached hydrogen (secondary N) is 1. The molecule has 2 N–H and O–H groups in total. The molecule has 0 aromatic heterocycles. The fourth-order valence-electron chi connectivity index (χ4n) is 3.65. The summed E-state index contributed by atoms with van der Waals surface area (Å²) in [5.74, 6) is -0.712. The summed E-state index contributed by atoms with van der Waals surface area (Å²) in [5, 5.41) is 13.0. The highest BCUT2D eigenvalue weighted by molar-refractivity contribution is 5.78. The van der Waals surface area contributed by atoms with Crippen molar-refractivity contribution in [1.82, 2.24) is 10.2 Å². The van der Waals surface area contributed by atoms with Gasteiger partial charge in [0.05, 0.1) is 0 Å². The number of nitrogens with zero attached hydrogens (tertiary/aromatic N) is 1. The van der Waals surface area contributed by atoms with Crippen LogP contribution in [0.2, 0.25) is 0 Å². The highest BCUT2D eigenvalue weighted by Gasteiger charge is 2.40. The van der Waals surface area contributed by atoms with Crippen molar-refractivity contribution < 1.29 is 9.90 Å². The van der Waals surface area contributed by atoms with Crippen LogP contribution < -0.4 is 5.32 Å². The van der Waals surface area contributed by atoms with Gasteiger partial charge in [-0.05, 0) is 53.0 Å². The number of carbonyl (C=O) groups is 1. The maximum Gasteiger partial charge on any atom is 0.323 e. The summed E-state index contributed by atoms with van der Waals surface area (Å²) < 4.78 is 0. The molecule has 0 heterocycles. The van der Waals surface area contributed by atoms with Crippen molar-refractivity contribution in [3.8, 4) is 0 Å². The number of hydrogen-bond acceptors (Lipinski definition) is 3. The quantitative estimate of drug-likeness (QED) is 0.709. The van der Waals surface area contributed by atoms with Crippen molar-refractivity contribution in [2.24, 2.45) is 0 Å². The standard InChI is InChI=1S/C17H32N2O2/c1-13(19(3)15-8-6-4-5-7-9-15)12-17(2,16(20)21)18-14-10-11-14/h13-15,18H,4-12H2,1-3H3,(H,20,21). The molecular formula is C17H32N2O2. The van der Waals surface area contributed by atoms with Gasteiger partial charge in [0.15, 0.2) is 0 Å². The van der Waals surface area contributed by atoms with E-state index in [9.17, 15) is 9.90 Å². The number of aliphatic carboxylic acids is 1. The van der Waals surface area contributed by atoms with E-state index >= 15 is 0 Å². The number of carboxylic acid groups (broad SMARTS) is 1. The predicted molar refractivity (Wildman–Crippen MR) is 85.5 cm³/mol. The molecule has 0 radical (unpaired) electrons. The van der Waals surface area contributed by atoms with Crippen LogP contribution >= 0.6 is 0 Å². The van der Waals surface area contributed by atoms with E-state index in [2.05, 4.69) is 24.2 Å². The van der Waals surface area contributed by atoms with Crippen LogP contribution in [0, 0.1) is 0 Å². The molecule has 0 aromatic carbocycles. The van der Waals surface area contributed by atoms with Crippen LogP contribution in [-0.4, -0.2) is 46.7 Å². The Morgan fingerprint density at radius 3 is 2.29 bits per heavy atom. The first-order valence-electron chi connectivity index (χ1n) is 8.65. The van der Waals surface area contributed by atoms with Gasteiger partial charge < -0.3 is 10.0 Å². The molecule has 2 rings (SSSR count). The summed E-state index contributed by atoms with van der Waals surface area (Å²) >= 11 is 0. The van der Waals surface area contributed by atoms with E-state index in [4.69, 9.17) is 0 Å². The Labute approximate surface area is 129 Å². The third-order valence-electron chi connectivity index (χ3n) is 5.37. The SMILES string of the molecule is CC(CC(C)(NC1CC1)C(=O)O)N(C)C1CCCCCC1. The molecule has 0 amide bonds. The fraction of sp³-hybridized carbons (Fsp3) is 0.941. The first-order valence-corrected chi connectivity index (χ1v) is 8.65. The van der Waals surface area contributed by atoms with Gasteiger partial charge in [0, 0.05) is 18.1 Å². The second-order valence-electron chi connectivity index (χ2n) is 7.42. The normalized spacial score (nSPS) is 25.3. The van der Waals surface area contributed by atoms with E-state index in [1.54, 1.807) is 0 Å². The van der Waals surface area contributed by atoms with Crippen molar-refractivity contribution in [2.45, 2.75) is 95.3 Å². The first-order chi connectivity index (χ1) is 9.92. The predicted octanol–water partition coefficient (Wildman–Crippen LogP) is 3.01. The molecule has 0 bridgehead atoms.